The molecule has 0 heterocycles. The zero-order valence-electron chi connectivity index (χ0n) is 12.3. The first kappa shape index (κ1) is 16.9. The molecule has 0 aliphatic heterocycles. The van der Waals surface area contributed by atoms with Crippen LogP contribution in [0.15, 0.2) is 41.3 Å². The number of rotatable bonds is 4. The van der Waals surface area contributed by atoms with Crippen LogP contribution in [-0.2, 0) is 9.84 Å². The van der Waals surface area contributed by atoms with E-state index in [-0.39, 0.29) is 21.9 Å². The van der Waals surface area contributed by atoms with Crippen LogP contribution in [0.2, 0.25) is 0 Å². The van der Waals surface area contributed by atoms with Gasteiger partial charge in [0.05, 0.1) is 23.3 Å². The van der Waals surface area contributed by atoms with Gasteiger partial charge in [0.15, 0.2) is 9.84 Å². The van der Waals surface area contributed by atoms with Crippen molar-refractivity contribution >= 4 is 21.4 Å². The van der Waals surface area contributed by atoms with Crippen LogP contribution in [0.25, 0.3) is 0 Å². The number of carbonyl (C=O) groups excluding carboxylic acids is 1. The topological polar surface area (TPSA) is 72.5 Å². The van der Waals surface area contributed by atoms with Gasteiger partial charge in [-0.2, -0.15) is 0 Å². The standard InChI is InChI=1S/C15H13F2NO4S/c1-22-14-6-3-9(16)7-11(14)15(19)18-13-8-10(23(2,20)21)4-5-12(13)17/h3-8H,1-2H3,(H,18,19). The average Bonchev–Trinajstić information content (AvgIpc) is 2.48. The van der Waals surface area contributed by atoms with Crippen molar-refractivity contribution in [1.29, 1.82) is 0 Å². The Morgan fingerprint density at radius 3 is 2.43 bits per heavy atom. The second-order valence-electron chi connectivity index (χ2n) is 4.71. The number of sulfone groups is 1. The predicted octanol–water partition coefficient (Wildman–Crippen LogP) is 2.63. The lowest BCUT2D eigenvalue weighted by Gasteiger charge is -2.11. The number of anilines is 1. The van der Waals surface area contributed by atoms with Gasteiger partial charge in [-0.15, -0.1) is 0 Å². The second-order valence-corrected chi connectivity index (χ2v) is 6.73. The maximum atomic E-state index is 13.8. The van der Waals surface area contributed by atoms with Crippen LogP contribution in [0, 0.1) is 11.6 Å². The summed E-state index contributed by atoms with van der Waals surface area (Å²) in [6, 6.07) is 6.31. The van der Waals surface area contributed by atoms with Crippen LogP contribution in [-0.4, -0.2) is 27.7 Å². The summed E-state index contributed by atoms with van der Waals surface area (Å²) in [6.07, 6.45) is 0.960. The largest absolute Gasteiger partial charge is 0.496 e. The number of ether oxygens (including phenoxy) is 1. The van der Waals surface area contributed by atoms with Gasteiger partial charge in [0.1, 0.15) is 17.4 Å². The van der Waals surface area contributed by atoms with Crippen molar-refractivity contribution in [2.24, 2.45) is 0 Å². The molecule has 122 valence electrons. The zero-order chi connectivity index (χ0) is 17.2. The summed E-state index contributed by atoms with van der Waals surface area (Å²) in [6.45, 7) is 0. The Kier molecular flexibility index (Phi) is 4.65. The molecule has 0 saturated heterocycles. The Balaban J connectivity index is 2.40. The molecule has 5 nitrogen and oxygen atoms in total. The molecule has 0 spiro atoms. The predicted molar refractivity (Wildman–Crippen MR) is 80.4 cm³/mol. The first-order valence-corrected chi connectivity index (χ1v) is 8.26. The number of nitrogens with one attached hydrogen (secondary N) is 1. The molecule has 0 atom stereocenters. The number of carbonyl (C=O) groups is 1. The van der Waals surface area contributed by atoms with Crippen molar-refractivity contribution in [3.63, 3.8) is 0 Å². The van der Waals surface area contributed by atoms with Crippen molar-refractivity contribution in [3.8, 4) is 5.75 Å². The van der Waals surface area contributed by atoms with E-state index in [1.807, 2.05) is 0 Å². The molecule has 1 amide bonds. The maximum Gasteiger partial charge on any atom is 0.259 e. The number of amides is 1. The van der Waals surface area contributed by atoms with Gasteiger partial charge < -0.3 is 10.1 Å². The Labute approximate surface area is 131 Å². The Bertz CT molecular complexity index is 866. The highest BCUT2D eigenvalue weighted by atomic mass is 32.2. The highest BCUT2D eigenvalue weighted by Crippen LogP contribution is 2.23. The van der Waals surface area contributed by atoms with Gasteiger partial charge in [-0.3, -0.25) is 4.79 Å². The first-order chi connectivity index (χ1) is 10.7. The molecule has 23 heavy (non-hydrogen) atoms. The van der Waals surface area contributed by atoms with E-state index in [2.05, 4.69) is 5.32 Å². The van der Waals surface area contributed by atoms with Crippen molar-refractivity contribution in [2.45, 2.75) is 4.90 Å². The summed E-state index contributed by atoms with van der Waals surface area (Å²) in [5.41, 5.74) is -0.471. The lowest BCUT2D eigenvalue weighted by molar-refractivity contribution is 0.102. The third-order valence-corrected chi connectivity index (χ3v) is 4.13. The summed E-state index contributed by atoms with van der Waals surface area (Å²) in [4.78, 5) is 12.0. The number of halogens is 2. The van der Waals surface area contributed by atoms with Gasteiger partial charge >= 0.3 is 0 Å². The van der Waals surface area contributed by atoms with E-state index in [0.717, 1.165) is 36.6 Å². The van der Waals surface area contributed by atoms with Crippen LogP contribution in [0.4, 0.5) is 14.5 Å². The van der Waals surface area contributed by atoms with Crippen LogP contribution in [0.5, 0.6) is 5.75 Å². The molecule has 0 saturated carbocycles. The third kappa shape index (κ3) is 3.84. The van der Waals surface area contributed by atoms with Gasteiger partial charge in [-0.1, -0.05) is 0 Å². The number of hydrogen-bond acceptors (Lipinski definition) is 4. The summed E-state index contributed by atoms with van der Waals surface area (Å²) in [7, 11) is -2.26. The van der Waals surface area contributed by atoms with E-state index in [1.165, 1.54) is 13.2 Å². The van der Waals surface area contributed by atoms with Crippen molar-refractivity contribution < 1.29 is 26.7 Å². The molecule has 8 heteroatoms. The number of hydrogen-bond donors (Lipinski definition) is 1. The van der Waals surface area contributed by atoms with E-state index < -0.39 is 27.4 Å². The van der Waals surface area contributed by atoms with E-state index in [0.29, 0.717) is 0 Å². The average molecular weight is 341 g/mol. The molecule has 2 rings (SSSR count). The SMILES string of the molecule is COc1ccc(F)cc1C(=O)Nc1cc(S(C)(=O)=O)ccc1F. The fraction of sp³-hybridized carbons (Fsp3) is 0.133. The molecule has 2 aromatic carbocycles. The molecule has 2 aromatic rings. The quantitative estimate of drug-likeness (QED) is 0.868. The fourth-order valence-corrected chi connectivity index (χ4v) is 2.53. The van der Waals surface area contributed by atoms with Crippen LogP contribution >= 0.6 is 0 Å². The normalized spacial score (nSPS) is 11.1. The van der Waals surface area contributed by atoms with Crippen molar-refractivity contribution in [3.05, 3.63) is 53.6 Å². The smallest absolute Gasteiger partial charge is 0.259 e. The van der Waals surface area contributed by atoms with Gasteiger partial charge in [0.2, 0.25) is 0 Å². The van der Waals surface area contributed by atoms with E-state index in [9.17, 15) is 22.0 Å². The lowest BCUT2D eigenvalue weighted by Crippen LogP contribution is -2.15. The minimum Gasteiger partial charge on any atom is -0.496 e. The summed E-state index contributed by atoms with van der Waals surface area (Å²) in [5, 5.41) is 2.22. The number of methoxy groups -OCH3 is 1. The molecule has 0 aliphatic rings. The van der Waals surface area contributed by atoms with Gasteiger partial charge in [-0.25, -0.2) is 17.2 Å². The highest BCUT2D eigenvalue weighted by molar-refractivity contribution is 7.90. The Hall–Kier alpha value is -2.48. The molecular formula is C15H13F2NO4S. The highest BCUT2D eigenvalue weighted by Gasteiger charge is 2.17. The van der Waals surface area contributed by atoms with E-state index >= 15 is 0 Å². The van der Waals surface area contributed by atoms with Crippen LogP contribution in [0.3, 0.4) is 0 Å². The van der Waals surface area contributed by atoms with Gasteiger partial charge in [0.25, 0.3) is 5.91 Å². The zero-order valence-corrected chi connectivity index (χ0v) is 13.1. The van der Waals surface area contributed by atoms with Gasteiger partial charge in [0, 0.05) is 6.26 Å². The fourth-order valence-electron chi connectivity index (χ4n) is 1.88. The summed E-state index contributed by atoms with van der Waals surface area (Å²) >= 11 is 0. The molecule has 0 fully saturated rings. The Morgan fingerprint density at radius 1 is 1.13 bits per heavy atom. The van der Waals surface area contributed by atoms with E-state index in [4.69, 9.17) is 4.74 Å². The Morgan fingerprint density at radius 2 is 1.83 bits per heavy atom. The second kappa shape index (κ2) is 6.33. The van der Waals surface area contributed by atoms with Crippen molar-refractivity contribution in [2.75, 3.05) is 18.7 Å². The van der Waals surface area contributed by atoms with E-state index in [1.54, 1.807) is 0 Å². The first-order valence-electron chi connectivity index (χ1n) is 6.37. The van der Waals surface area contributed by atoms with Gasteiger partial charge in [-0.05, 0) is 36.4 Å². The molecule has 0 aromatic heterocycles. The minimum absolute atomic E-state index is 0.101. The molecule has 0 aliphatic carbocycles. The summed E-state index contributed by atoms with van der Waals surface area (Å²) in [5.74, 6) is -2.21. The minimum atomic E-state index is -3.56. The molecule has 0 radical (unpaired) electrons. The molecule has 1 N–H and O–H groups in total. The maximum absolute atomic E-state index is 13.8. The summed E-state index contributed by atoms with van der Waals surface area (Å²) < 4.78 is 55.0. The molecule has 0 bridgehead atoms. The van der Waals surface area contributed by atoms with Crippen molar-refractivity contribution in [1.82, 2.24) is 0 Å². The lowest BCUT2D eigenvalue weighted by atomic mass is 10.1. The molecule has 0 unspecified atom stereocenters. The van der Waals surface area contributed by atoms with Crippen LogP contribution in [0.1, 0.15) is 10.4 Å². The monoisotopic (exact) mass is 341 g/mol. The number of benzene rings is 2. The van der Waals surface area contributed by atoms with Crippen LogP contribution < -0.4 is 10.1 Å². The third-order valence-electron chi connectivity index (χ3n) is 3.02. The molecular weight excluding hydrogens is 328 g/mol.